The van der Waals surface area contributed by atoms with Gasteiger partial charge in [0.25, 0.3) is 0 Å². The minimum absolute atomic E-state index is 0.206. The Bertz CT molecular complexity index is 420. The van der Waals surface area contributed by atoms with Crippen LogP contribution in [0.2, 0.25) is 0 Å². The van der Waals surface area contributed by atoms with Gasteiger partial charge in [-0.2, -0.15) is 0 Å². The molecule has 0 aromatic heterocycles. The van der Waals surface area contributed by atoms with Crippen LogP contribution in [0.25, 0.3) is 0 Å². The van der Waals surface area contributed by atoms with E-state index < -0.39 is 5.97 Å². The molecule has 0 spiro atoms. The van der Waals surface area contributed by atoms with Crippen molar-refractivity contribution in [1.82, 2.24) is 5.32 Å². The van der Waals surface area contributed by atoms with Crippen LogP contribution in [0.4, 0.5) is 0 Å². The van der Waals surface area contributed by atoms with Gasteiger partial charge in [0.05, 0.1) is 5.92 Å². The van der Waals surface area contributed by atoms with Crippen LogP contribution >= 0.6 is 0 Å². The van der Waals surface area contributed by atoms with E-state index in [2.05, 4.69) is 37.4 Å². The number of hydrogen-bond acceptors (Lipinski definition) is 2. The Kier molecular flexibility index (Phi) is 4.02. The number of hydrogen-bond donors (Lipinski definition) is 2. The van der Waals surface area contributed by atoms with Crippen molar-refractivity contribution in [2.24, 2.45) is 5.92 Å². The molecule has 1 aliphatic heterocycles. The average Bonchev–Trinajstić information content (AvgIpc) is 2.87. The maximum Gasteiger partial charge on any atom is 0.307 e. The molecule has 3 nitrogen and oxygen atoms in total. The van der Waals surface area contributed by atoms with Crippen LogP contribution in [0.3, 0.4) is 0 Å². The average molecular weight is 247 g/mol. The molecule has 1 aliphatic rings. The lowest BCUT2D eigenvalue weighted by atomic mass is 9.90. The van der Waals surface area contributed by atoms with Crippen LogP contribution < -0.4 is 5.32 Å². The number of nitrogens with one attached hydrogen (secondary N) is 1. The number of carboxylic acid groups (broad SMARTS) is 1. The lowest BCUT2D eigenvalue weighted by Crippen LogP contribution is -2.18. The van der Waals surface area contributed by atoms with E-state index in [9.17, 15) is 4.79 Å². The van der Waals surface area contributed by atoms with Crippen molar-refractivity contribution >= 4 is 5.97 Å². The zero-order chi connectivity index (χ0) is 13.1. The molecule has 0 radical (unpaired) electrons. The van der Waals surface area contributed by atoms with E-state index in [-0.39, 0.29) is 12.0 Å². The van der Waals surface area contributed by atoms with Gasteiger partial charge in [0.2, 0.25) is 0 Å². The first kappa shape index (κ1) is 13.1. The third-order valence-corrected chi connectivity index (χ3v) is 3.88. The highest BCUT2D eigenvalue weighted by molar-refractivity contribution is 5.71. The van der Waals surface area contributed by atoms with Crippen molar-refractivity contribution in [3.8, 4) is 0 Å². The fourth-order valence-electron chi connectivity index (χ4n) is 2.87. The Morgan fingerprint density at radius 2 is 1.94 bits per heavy atom. The predicted octanol–water partition coefficient (Wildman–Crippen LogP) is 2.55. The van der Waals surface area contributed by atoms with Crippen LogP contribution in [-0.4, -0.2) is 17.6 Å². The van der Waals surface area contributed by atoms with Gasteiger partial charge in [-0.3, -0.25) is 4.79 Å². The molecule has 2 unspecified atom stereocenters. The van der Waals surface area contributed by atoms with Crippen molar-refractivity contribution < 1.29 is 9.90 Å². The topological polar surface area (TPSA) is 49.3 Å². The highest BCUT2D eigenvalue weighted by atomic mass is 16.4. The van der Waals surface area contributed by atoms with E-state index >= 15 is 0 Å². The first-order valence-electron chi connectivity index (χ1n) is 6.74. The molecule has 2 atom stereocenters. The lowest BCUT2D eigenvalue weighted by molar-refractivity contribution is -0.141. The van der Waals surface area contributed by atoms with Crippen LogP contribution in [0.5, 0.6) is 0 Å². The lowest BCUT2D eigenvalue weighted by Gasteiger charge is -2.19. The number of rotatable bonds is 4. The SMILES string of the molecule is CCc1cccc(CC)c1C1CC(C(=O)O)CN1. The van der Waals surface area contributed by atoms with Gasteiger partial charge in [0.15, 0.2) is 0 Å². The van der Waals surface area contributed by atoms with Crippen molar-refractivity contribution in [2.45, 2.75) is 39.2 Å². The molecule has 0 saturated carbocycles. The van der Waals surface area contributed by atoms with Gasteiger partial charge in [-0.1, -0.05) is 32.0 Å². The van der Waals surface area contributed by atoms with E-state index in [1.165, 1.54) is 16.7 Å². The van der Waals surface area contributed by atoms with E-state index in [1.54, 1.807) is 0 Å². The summed E-state index contributed by atoms with van der Waals surface area (Å²) in [6, 6.07) is 6.62. The molecule has 3 heteroatoms. The van der Waals surface area contributed by atoms with Crippen molar-refractivity contribution in [3.63, 3.8) is 0 Å². The molecule has 1 saturated heterocycles. The number of carboxylic acids is 1. The molecular formula is C15H21NO2. The number of carbonyl (C=O) groups is 1. The minimum atomic E-state index is -0.683. The van der Waals surface area contributed by atoms with E-state index in [1.807, 2.05) is 0 Å². The first-order chi connectivity index (χ1) is 8.67. The molecular weight excluding hydrogens is 226 g/mol. The first-order valence-corrected chi connectivity index (χ1v) is 6.74. The molecule has 2 N–H and O–H groups in total. The highest BCUT2D eigenvalue weighted by Crippen LogP contribution is 2.32. The van der Waals surface area contributed by atoms with Gasteiger partial charge in [-0.25, -0.2) is 0 Å². The quantitative estimate of drug-likeness (QED) is 0.859. The van der Waals surface area contributed by atoms with E-state index in [0.29, 0.717) is 13.0 Å². The monoisotopic (exact) mass is 247 g/mol. The molecule has 1 aromatic carbocycles. The van der Waals surface area contributed by atoms with Crippen LogP contribution in [0, 0.1) is 5.92 Å². The Morgan fingerprint density at radius 3 is 2.39 bits per heavy atom. The second kappa shape index (κ2) is 5.53. The summed E-state index contributed by atoms with van der Waals surface area (Å²) in [6.07, 6.45) is 2.71. The maximum atomic E-state index is 11.0. The minimum Gasteiger partial charge on any atom is -0.481 e. The molecule has 1 heterocycles. The number of aliphatic carboxylic acids is 1. The maximum absolute atomic E-state index is 11.0. The Balaban J connectivity index is 2.30. The fraction of sp³-hybridized carbons (Fsp3) is 0.533. The van der Waals surface area contributed by atoms with Gasteiger partial charge < -0.3 is 10.4 Å². The van der Waals surface area contributed by atoms with Gasteiger partial charge >= 0.3 is 5.97 Å². The smallest absolute Gasteiger partial charge is 0.307 e. The molecule has 0 bridgehead atoms. The van der Waals surface area contributed by atoms with Gasteiger partial charge in [-0.05, 0) is 36.0 Å². The Morgan fingerprint density at radius 1 is 1.33 bits per heavy atom. The zero-order valence-electron chi connectivity index (χ0n) is 11.1. The van der Waals surface area contributed by atoms with Gasteiger partial charge in [-0.15, -0.1) is 0 Å². The summed E-state index contributed by atoms with van der Waals surface area (Å²) >= 11 is 0. The third kappa shape index (κ3) is 2.41. The molecule has 0 amide bonds. The summed E-state index contributed by atoms with van der Waals surface area (Å²) in [6.45, 7) is 4.89. The van der Waals surface area contributed by atoms with Crippen LogP contribution in [0.15, 0.2) is 18.2 Å². The van der Waals surface area contributed by atoms with Gasteiger partial charge in [0.1, 0.15) is 0 Å². The summed E-state index contributed by atoms with van der Waals surface area (Å²) in [5.74, 6) is -0.929. The van der Waals surface area contributed by atoms with E-state index in [0.717, 1.165) is 12.8 Å². The van der Waals surface area contributed by atoms with Crippen LogP contribution in [-0.2, 0) is 17.6 Å². The number of benzene rings is 1. The van der Waals surface area contributed by atoms with Crippen molar-refractivity contribution in [3.05, 3.63) is 34.9 Å². The Labute approximate surface area is 108 Å². The fourth-order valence-corrected chi connectivity index (χ4v) is 2.87. The molecule has 1 fully saturated rings. The number of aryl methyl sites for hydroxylation is 2. The summed E-state index contributed by atoms with van der Waals surface area (Å²) in [5.41, 5.74) is 4.03. The zero-order valence-corrected chi connectivity index (χ0v) is 11.1. The molecule has 1 aromatic rings. The third-order valence-electron chi connectivity index (χ3n) is 3.88. The predicted molar refractivity (Wildman–Crippen MR) is 71.7 cm³/mol. The molecule has 2 rings (SSSR count). The van der Waals surface area contributed by atoms with Gasteiger partial charge in [0, 0.05) is 12.6 Å². The van der Waals surface area contributed by atoms with Crippen molar-refractivity contribution in [1.29, 1.82) is 0 Å². The normalized spacial score (nSPS) is 23.2. The summed E-state index contributed by atoms with van der Waals surface area (Å²) < 4.78 is 0. The summed E-state index contributed by atoms with van der Waals surface area (Å²) in [7, 11) is 0. The molecule has 98 valence electrons. The molecule has 18 heavy (non-hydrogen) atoms. The summed E-state index contributed by atoms with van der Waals surface area (Å²) in [5, 5.41) is 12.5. The van der Waals surface area contributed by atoms with Crippen LogP contribution in [0.1, 0.15) is 43.0 Å². The standard InChI is InChI=1S/C15H21NO2/c1-3-10-6-5-7-11(4-2)14(10)13-8-12(9-16-13)15(17)18/h5-7,12-13,16H,3-4,8-9H2,1-2H3,(H,17,18). The Hall–Kier alpha value is -1.35. The van der Waals surface area contributed by atoms with Crippen molar-refractivity contribution in [2.75, 3.05) is 6.54 Å². The molecule has 0 aliphatic carbocycles. The highest BCUT2D eigenvalue weighted by Gasteiger charge is 2.31. The second-order valence-corrected chi connectivity index (χ2v) is 4.93. The van der Waals surface area contributed by atoms with E-state index in [4.69, 9.17) is 5.11 Å². The second-order valence-electron chi connectivity index (χ2n) is 4.93. The largest absolute Gasteiger partial charge is 0.481 e. The summed E-state index contributed by atoms with van der Waals surface area (Å²) in [4.78, 5) is 11.0.